The number of rotatable bonds is 8. The molecular formula is C22H19FN4OS3. The van der Waals surface area contributed by atoms with E-state index in [0.717, 1.165) is 39.1 Å². The highest BCUT2D eigenvalue weighted by atomic mass is 32.2. The molecule has 0 radical (unpaired) electrons. The molecule has 9 heteroatoms. The predicted molar refractivity (Wildman–Crippen MR) is 123 cm³/mol. The lowest BCUT2D eigenvalue weighted by Crippen LogP contribution is -2.30. The van der Waals surface area contributed by atoms with Crippen molar-refractivity contribution in [3.63, 3.8) is 0 Å². The van der Waals surface area contributed by atoms with Crippen molar-refractivity contribution >= 4 is 40.3 Å². The maximum absolute atomic E-state index is 13.4. The van der Waals surface area contributed by atoms with E-state index < -0.39 is 0 Å². The fourth-order valence-electron chi connectivity index (χ4n) is 3.37. The highest BCUT2D eigenvalue weighted by Crippen LogP contribution is 2.41. The quantitative estimate of drug-likeness (QED) is 0.344. The topological polar surface area (TPSA) is 59.8 Å². The number of thioether (sulfide) groups is 1. The van der Waals surface area contributed by atoms with Crippen LogP contribution in [0, 0.1) is 5.82 Å². The van der Waals surface area contributed by atoms with Gasteiger partial charge in [0.15, 0.2) is 11.0 Å². The number of carbonyl (C=O) groups is 1. The standard InChI is InChI=1S/C22H19FN4OS3/c23-15-7-5-14(6-8-15)20(17-3-1-11-29-17)24-19(28)13-31-22-26-25-21(18-4-2-12-30-18)27(22)16-9-10-16/h1-8,11-12,16,20H,9-10,13H2,(H,24,28)/t20-/m1/s1. The summed E-state index contributed by atoms with van der Waals surface area (Å²) in [5.74, 6) is 0.716. The van der Waals surface area contributed by atoms with Crippen LogP contribution in [0.4, 0.5) is 4.39 Å². The monoisotopic (exact) mass is 470 g/mol. The van der Waals surface area contributed by atoms with Crippen LogP contribution >= 0.6 is 34.4 Å². The van der Waals surface area contributed by atoms with Gasteiger partial charge in [0.2, 0.25) is 5.91 Å². The Balaban J connectivity index is 1.31. The highest BCUT2D eigenvalue weighted by molar-refractivity contribution is 7.99. The molecule has 4 aromatic rings. The summed E-state index contributed by atoms with van der Waals surface area (Å²) >= 11 is 4.61. The molecule has 0 bridgehead atoms. The number of amides is 1. The lowest BCUT2D eigenvalue weighted by atomic mass is 10.1. The van der Waals surface area contributed by atoms with Gasteiger partial charge in [0, 0.05) is 10.9 Å². The van der Waals surface area contributed by atoms with Gasteiger partial charge >= 0.3 is 0 Å². The second kappa shape index (κ2) is 8.94. The van der Waals surface area contributed by atoms with Crippen molar-refractivity contribution in [3.8, 4) is 10.7 Å². The van der Waals surface area contributed by atoms with Gasteiger partial charge < -0.3 is 5.32 Å². The number of hydrogen-bond donors (Lipinski definition) is 1. The first-order chi connectivity index (χ1) is 15.2. The van der Waals surface area contributed by atoms with Crippen molar-refractivity contribution in [1.82, 2.24) is 20.1 Å². The molecule has 1 saturated carbocycles. The van der Waals surface area contributed by atoms with Gasteiger partial charge in [-0.1, -0.05) is 36.0 Å². The molecule has 1 aliphatic rings. The lowest BCUT2D eigenvalue weighted by Gasteiger charge is -2.18. The SMILES string of the molecule is O=C(CSc1nnc(-c2cccs2)n1C1CC1)N[C@H](c1ccc(F)cc1)c1cccs1. The van der Waals surface area contributed by atoms with Crippen LogP contribution in [0.1, 0.15) is 35.4 Å². The third-order valence-corrected chi connectivity index (χ3v) is 7.73. The zero-order valence-corrected chi connectivity index (χ0v) is 18.9. The van der Waals surface area contributed by atoms with Crippen LogP contribution < -0.4 is 5.32 Å². The minimum Gasteiger partial charge on any atom is -0.344 e. The summed E-state index contributed by atoms with van der Waals surface area (Å²) < 4.78 is 15.5. The second-order valence-electron chi connectivity index (χ2n) is 7.24. The van der Waals surface area contributed by atoms with Crippen LogP contribution in [0.15, 0.2) is 64.4 Å². The van der Waals surface area contributed by atoms with Gasteiger partial charge in [0.25, 0.3) is 0 Å². The maximum atomic E-state index is 13.4. The normalized spacial score (nSPS) is 14.5. The molecule has 0 unspecified atom stereocenters. The summed E-state index contributed by atoms with van der Waals surface area (Å²) in [7, 11) is 0. The molecule has 1 atom stereocenters. The van der Waals surface area contributed by atoms with E-state index in [1.807, 2.05) is 35.0 Å². The Bertz CT molecular complexity index is 1150. The molecule has 3 heterocycles. The fourth-order valence-corrected chi connectivity index (χ4v) is 5.70. The lowest BCUT2D eigenvalue weighted by molar-refractivity contribution is -0.119. The molecule has 0 spiro atoms. The van der Waals surface area contributed by atoms with E-state index >= 15 is 0 Å². The minimum atomic E-state index is -0.309. The second-order valence-corrected chi connectivity index (χ2v) is 10.1. The minimum absolute atomic E-state index is 0.101. The number of nitrogens with one attached hydrogen (secondary N) is 1. The van der Waals surface area contributed by atoms with Crippen molar-refractivity contribution in [1.29, 1.82) is 0 Å². The average Bonchev–Trinajstić information content (AvgIpc) is 3.21. The molecule has 1 aliphatic carbocycles. The van der Waals surface area contributed by atoms with Crippen LogP contribution in [0.3, 0.4) is 0 Å². The van der Waals surface area contributed by atoms with Crippen LogP contribution in [-0.2, 0) is 4.79 Å². The Morgan fingerprint density at radius 1 is 1.13 bits per heavy atom. The van der Waals surface area contributed by atoms with Gasteiger partial charge in [0.1, 0.15) is 5.82 Å². The smallest absolute Gasteiger partial charge is 0.231 e. The molecule has 158 valence electrons. The molecule has 1 N–H and O–H groups in total. The number of carbonyl (C=O) groups excluding carboxylic acids is 1. The summed E-state index contributed by atoms with van der Waals surface area (Å²) in [6.07, 6.45) is 2.22. The molecule has 31 heavy (non-hydrogen) atoms. The summed E-state index contributed by atoms with van der Waals surface area (Å²) in [5, 5.41) is 16.6. The van der Waals surface area contributed by atoms with E-state index in [-0.39, 0.29) is 23.5 Å². The first-order valence-corrected chi connectivity index (χ1v) is 12.6. The van der Waals surface area contributed by atoms with E-state index in [2.05, 4.69) is 20.1 Å². The number of thiophene rings is 2. The molecule has 1 aromatic carbocycles. The Morgan fingerprint density at radius 2 is 1.90 bits per heavy atom. The largest absolute Gasteiger partial charge is 0.344 e. The Labute approximate surface area is 191 Å². The van der Waals surface area contributed by atoms with Gasteiger partial charge in [-0.15, -0.1) is 32.9 Å². The summed E-state index contributed by atoms with van der Waals surface area (Å²) in [4.78, 5) is 14.9. The number of halogens is 1. The maximum Gasteiger partial charge on any atom is 0.231 e. The number of aromatic nitrogens is 3. The number of hydrogen-bond acceptors (Lipinski definition) is 6. The Hall–Kier alpha value is -2.49. The zero-order valence-electron chi connectivity index (χ0n) is 16.4. The molecule has 0 aliphatic heterocycles. The summed E-state index contributed by atoms with van der Waals surface area (Å²) in [6, 6.07) is 14.3. The van der Waals surface area contributed by atoms with Crippen molar-refractivity contribution < 1.29 is 9.18 Å². The van der Waals surface area contributed by atoms with E-state index in [4.69, 9.17) is 0 Å². The van der Waals surface area contributed by atoms with Crippen LogP contribution in [0.2, 0.25) is 0 Å². The van der Waals surface area contributed by atoms with Crippen LogP contribution in [-0.4, -0.2) is 26.4 Å². The molecule has 3 aromatic heterocycles. The Kier molecular flexibility index (Phi) is 5.89. The molecular weight excluding hydrogens is 451 g/mol. The molecule has 1 fully saturated rings. The van der Waals surface area contributed by atoms with Gasteiger partial charge in [-0.3, -0.25) is 9.36 Å². The van der Waals surface area contributed by atoms with Crippen molar-refractivity contribution in [3.05, 3.63) is 75.5 Å². The van der Waals surface area contributed by atoms with Crippen molar-refractivity contribution in [2.24, 2.45) is 0 Å². The van der Waals surface area contributed by atoms with E-state index in [1.54, 1.807) is 34.8 Å². The zero-order chi connectivity index (χ0) is 21.2. The molecule has 5 rings (SSSR count). The Morgan fingerprint density at radius 3 is 2.58 bits per heavy atom. The van der Waals surface area contributed by atoms with Crippen LogP contribution in [0.25, 0.3) is 10.7 Å². The molecule has 1 amide bonds. The van der Waals surface area contributed by atoms with E-state index in [9.17, 15) is 9.18 Å². The van der Waals surface area contributed by atoms with E-state index in [0.29, 0.717) is 6.04 Å². The van der Waals surface area contributed by atoms with Gasteiger partial charge in [0.05, 0.1) is 16.7 Å². The summed E-state index contributed by atoms with van der Waals surface area (Å²) in [6.45, 7) is 0. The van der Waals surface area contributed by atoms with E-state index in [1.165, 1.54) is 23.9 Å². The van der Waals surface area contributed by atoms with Crippen molar-refractivity contribution in [2.45, 2.75) is 30.1 Å². The third-order valence-electron chi connectivity index (χ3n) is 4.99. The third kappa shape index (κ3) is 4.58. The van der Waals surface area contributed by atoms with Crippen LogP contribution in [0.5, 0.6) is 0 Å². The molecule has 5 nitrogen and oxygen atoms in total. The first kappa shape index (κ1) is 20.4. The van der Waals surface area contributed by atoms with Crippen molar-refractivity contribution in [2.75, 3.05) is 5.75 Å². The first-order valence-electron chi connectivity index (χ1n) is 9.89. The van der Waals surface area contributed by atoms with Gasteiger partial charge in [-0.25, -0.2) is 4.39 Å². The number of nitrogens with zero attached hydrogens (tertiary/aromatic N) is 3. The summed E-state index contributed by atoms with van der Waals surface area (Å²) in [5.41, 5.74) is 0.850. The predicted octanol–water partition coefficient (Wildman–Crippen LogP) is 5.54. The fraction of sp³-hybridized carbons (Fsp3) is 0.227. The van der Waals surface area contributed by atoms with Gasteiger partial charge in [-0.2, -0.15) is 0 Å². The number of benzene rings is 1. The van der Waals surface area contributed by atoms with Gasteiger partial charge in [-0.05, 0) is 53.4 Å². The average molecular weight is 471 g/mol. The highest BCUT2D eigenvalue weighted by Gasteiger charge is 2.30. The molecule has 0 saturated heterocycles.